The van der Waals surface area contributed by atoms with E-state index in [1.165, 1.54) is 46.9 Å². The van der Waals surface area contributed by atoms with Gasteiger partial charge in [-0.15, -0.1) is 22.7 Å². The zero-order valence-electron chi connectivity index (χ0n) is 21.0. The van der Waals surface area contributed by atoms with Gasteiger partial charge in [0.25, 0.3) is 11.8 Å². The Morgan fingerprint density at radius 2 is 1.42 bits per heavy atom. The molecule has 0 unspecified atom stereocenters. The number of carbonyl (C=O) groups excluding carboxylic acids is 2. The van der Waals surface area contributed by atoms with Gasteiger partial charge in [0.15, 0.2) is 0 Å². The second-order valence-electron chi connectivity index (χ2n) is 11.2. The summed E-state index contributed by atoms with van der Waals surface area (Å²) in [5.74, 6) is -1.34. The van der Waals surface area contributed by atoms with Crippen molar-refractivity contribution < 1.29 is 18.4 Å². The van der Waals surface area contributed by atoms with Crippen LogP contribution in [0.2, 0.25) is 10.0 Å². The predicted octanol–water partition coefficient (Wildman–Crippen LogP) is 8.45. The highest BCUT2D eigenvalue weighted by atomic mass is 35.5. The Morgan fingerprint density at radius 1 is 0.895 bits per heavy atom. The summed E-state index contributed by atoms with van der Waals surface area (Å²) in [5.41, 5.74) is -0.382. The zero-order chi connectivity index (χ0) is 27.4. The maximum absolute atomic E-state index is 13.7. The van der Waals surface area contributed by atoms with Crippen LogP contribution in [0.3, 0.4) is 0 Å². The van der Waals surface area contributed by atoms with Crippen molar-refractivity contribution in [1.29, 1.82) is 0 Å². The van der Waals surface area contributed by atoms with Crippen molar-refractivity contribution in [1.82, 2.24) is 10.6 Å². The lowest BCUT2D eigenvalue weighted by Crippen LogP contribution is -2.50. The maximum Gasteiger partial charge on any atom is 0.263 e. The van der Waals surface area contributed by atoms with Gasteiger partial charge in [-0.1, -0.05) is 44.0 Å². The predicted molar refractivity (Wildman–Crippen MR) is 153 cm³/mol. The first-order chi connectivity index (χ1) is 17.8. The number of benzene rings is 2. The molecule has 0 aliphatic heterocycles. The van der Waals surface area contributed by atoms with E-state index in [4.69, 9.17) is 23.2 Å². The highest BCUT2D eigenvalue weighted by Crippen LogP contribution is 2.46. The first-order valence-electron chi connectivity index (χ1n) is 12.2. The summed E-state index contributed by atoms with van der Waals surface area (Å²) >= 11 is 15.3. The van der Waals surface area contributed by atoms with Crippen molar-refractivity contribution in [2.75, 3.05) is 6.54 Å². The molecule has 200 valence electrons. The Kier molecular flexibility index (Phi) is 7.22. The molecule has 1 aliphatic rings. The SMILES string of the molecule is CC1(C)C[C@H](NC(=O)c2sc3cc(F)ccc3c2Cl)C[C@](C)(CNC(=O)c2sc3cc(F)ccc3c2Cl)C1. The molecule has 2 N–H and O–H groups in total. The topological polar surface area (TPSA) is 58.2 Å². The van der Waals surface area contributed by atoms with E-state index < -0.39 is 0 Å². The summed E-state index contributed by atoms with van der Waals surface area (Å²) in [6, 6.07) is 8.44. The average molecular weight is 596 g/mol. The van der Waals surface area contributed by atoms with Gasteiger partial charge >= 0.3 is 0 Å². The van der Waals surface area contributed by atoms with Gasteiger partial charge < -0.3 is 10.6 Å². The number of carbonyl (C=O) groups is 2. The molecule has 0 spiro atoms. The molecule has 0 radical (unpaired) electrons. The summed E-state index contributed by atoms with van der Waals surface area (Å²) in [7, 11) is 0. The smallest absolute Gasteiger partial charge is 0.263 e. The van der Waals surface area contributed by atoms with E-state index in [0.29, 0.717) is 52.9 Å². The summed E-state index contributed by atoms with van der Waals surface area (Å²) in [5, 5.41) is 8.12. The Hall–Kier alpha value is -2.26. The average Bonchev–Trinajstić information content (AvgIpc) is 3.32. The van der Waals surface area contributed by atoms with E-state index in [1.54, 1.807) is 12.1 Å². The van der Waals surface area contributed by atoms with Crippen LogP contribution >= 0.6 is 45.9 Å². The van der Waals surface area contributed by atoms with Gasteiger partial charge in [-0.3, -0.25) is 9.59 Å². The van der Waals surface area contributed by atoms with E-state index in [9.17, 15) is 18.4 Å². The monoisotopic (exact) mass is 594 g/mol. The summed E-state index contributed by atoms with van der Waals surface area (Å²) < 4.78 is 28.5. The number of halogens is 4. The fraction of sp³-hybridized carbons (Fsp3) is 0.357. The molecule has 10 heteroatoms. The normalized spacial score (nSPS) is 21.1. The number of nitrogens with one attached hydrogen (secondary N) is 2. The van der Waals surface area contributed by atoms with E-state index in [-0.39, 0.29) is 40.3 Å². The first-order valence-corrected chi connectivity index (χ1v) is 14.6. The summed E-state index contributed by atoms with van der Waals surface area (Å²) in [6.45, 7) is 6.80. The lowest BCUT2D eigenvalue weighted by Gasteiger charge is -2.47. The van der Waals surface area contributed by atoms with Gasteiger partial charge in [0.05, 0.1) is 10.0 Å². The molecular weight excluding hydrogens is 569 g/mol. The molecule has 1 fully saturated rings. The number of hydrogen-bond donors (Lipinski definition) is 2. The highest BCUT2D eigenvalue weighted by molar-refractivity contribution is 7.22. The van der Waals surface area contributed by atoms with Crippen molar-refractivity contribution in [3.05, 3.63) is 67.8 Å². The summed E-state index contributed by atoms with van der Waals surface area (Å²) in [6.07, 6.45) is 2.28. The molecule has 2 heterocycles. The molecule has 2 atom stereocenters. The molecular formula is C28H26Cl2F2N2O2S2. The van der Waals surface area contributed by atoms with Crippen molar-refractivity contribution in [2.45, 2.75) is 46.1 Å². The molecule has 0 saturated heterocycles. The summed E-state index contributed by atoms with van der Waals surface area (Å²) in [4.78, 5) is 27.0. The molecule has 4 nitrogen and oxygen atoms in total. The zero-order valence-corrected chi connectivity index (χ0v) is 24.2. The van der Waals surface area contributed by atoms with Crippen molar-refractivity contribution in [3.8, 4) is 0 Å². The second-order valence-corrected chi connectivity index (χ2v) is 14.0. The molecule has 4 aromatic rings. The molecule has 2 aromatic carbocycles. The van der Waals surface area contributed by atoms with E-state index in [1.807, 2.05) is 0 Å². The molecule has 2 aromatic heterocycles. The van der Waals surface area contributed by atoms with E-state index in [0.717, 1.165) is 12.8 Å². The van der Waals surface area contributed by atoms with Gasteiger partial charge in [-0.05, 0) is 66.5 Å². The van der Waals surface area contributed by atoms with Gasteiger partial charge in [0.2, 0.25) is 0 Å². The van der Waals surface area contributed by atoms with Gasteiger partial charge in [0.1, 0.15) is 21.4 Å². The minimum absolute atomic E-state index is 0.0878. The Bertz CT molecular complexity index is 1580. The van der Waals surface area contributed by atoms with Crippen LogP contribution in [-0.4, -0.2) is 24.4 Å². The van der Waals surface area contributed by atoms with Gasteiger partial charge in [-0.2, -0.15) is 0 Å². The molecule has 2 amide bonds. The Labute approximate surface area is 237 Å². The molecule has 38 heavy (non-hydrogen) atoms. The van der Waals surface area contributed by atoms with Crippen molar-refractivity contribution >= 4 is 77.9 Å². The maximum atomic E-state index is 13.7. The fourth-order valence-electron chi connectivity index (χ4n) is 5.87. The van der Waals surface area contributed by atoms with Crippen LogP contribution in [0.15, 0.2) is 36.4 Å². The number of thiophene rings is 2. The standard InChI is InChI=1S/C28H26Cl2F2N2O2S2/c1-27(2)10-16(34-26(36)24-22(30)18-7-5-15(32)9-20(18)38-24)11-28(3,12-27)13-33-25(35)23-21(29)17-6-4-14(31)8-19(17)37-23/h4-9,16H,10-13H2,1-3H3,(H,33,35)(H,34,36)/t16-,28-/m0/s1. The largest absolute Gasteiger partial charge is 0.351 e. The fourth-order valence-corrected chi connectivity index (χ4v) is 8.77. The second kappa shape index (κ2) is 10.0. The molecule has 0 bridgehead atoms. The Balaban J connectivity index is 1.30. The minimum Gasteiger partial charge on any atom is -0.351 e. The van der Waals surface area contributed by atoms with Crippen LogP contribution in [0.1, 0.15) is 59.4 Å². The first kappa shape index (κ1) is 27.3. The van der Waals surface area contributed by atoms with Gasteiger partial charge in [-0.25, -0.2) is 8.78 Å². The lowest BCUT2D eigenvalue weighted by atomic mass is 9.62. The van der Waals surface area contributed by atoms with Crippen LogP contribution in [-0.2, 0) is 0 Å². The number of rotatable bonds is 5. The third kappa shape index (κ3) is 5.41. The number of amides is 2. The van der Waals surface area contributed by atoms with Crippen LogP contribution in [0.5, 0.6) is 0 Å². The van der Waals surface area contributed by atoms with Crippen LogP contribution in [0.4, 0.5) is 8.78 Å². The third-order valence-electron chi connectivity index (χ3n) is 7.05. The van der Waals surface area contributed by atoms with Gasteiger partial charge in [0, 0.05) is 32.8 Å². The molecule has 1 aliphatic carbocycles. The van der Waals surface area contributed by atoms with Crippen molar-refractivity contribution in [3.63, 3.8) is 0 Å². The van der Waals surface area contributed by atoms with Crippen molar-refractivity contribution in [2.24, 2.45) is 10.8 Å². The Morgan fingerprint density at radius 3 is 1.97 bits per heavy atom. The minimum atomic E-state index is -0.378. The van der Waals surface area contributed by atoms with Crippen LogP contribution in [0, 0.1) is 22.5 Å². The number of hydrogen-bond acceptors (Lipinski definition) is 4. The number of fused-ring (bicyclic) bond motifs is 2. The molecule has 5 rings (SSSR count). The van der Waals surface area contributed by atoms with E-state index >= 15 is 0 Å². The lowest BCUT2D eigenvalue weighted by molar-refractivity contribution is 0.0594. The van der Waals surface area contributed by atoms with E-state index in [2.05, 4.69) is 31.4 Å². The highest BCUT2D eigenvalue weighted by Gasteiger charge is 2.42. The molecule has 1 saturated carbocycles. The van der Waals surface area contributed by atoms with Crippen LogP contribution in [0.25, 0.3) is 20.2 Å². The third-order valence-corrected chi connectivity index (χ3v) is 10.4. The van der Waals surface area contributed by atoms with Crippen LogP contribution < -0.4 is 10.6 Å². The quantitative estimate of drug-likeness (QED) is 0.243.